The van der Waals surface area contributed by atoms with Gasteiger partial charge in [0.1, 0.15) is 5.75 Å². The predicted octanol–water partition coefficient (Wildman–Crippen LogP) is 7.19. The molecule has 0 unspecified atom stereocenters. The van der Waals surface area contributed by atoms with Crippen molar-refractivity contribution in [3.8, 4) is 11.4 Å². The molecule has 0 aliphatic rings. The Morgan fingerprint density at radius 2 is 1.35 bits per heavy atom. The van der Waals surface area contributed by atoms with Crippen LogP contribution >= 0.6 is 0 Å². The van der Waals surface area contributed by atoms with Gasteiger partial charge in [0, 0.05) is 6.42 Å². The largest absolute Gasteiger partial charge is 0.494 e. The number of tetrazole rings is 1. The summed E-state index contributed by atoms with van der Waals surface area (Å²) >= 11 is 0. The lowest BCUT2D eigenvalue weighted by molar-refractivity contribution is -0.440. The third kappa shape index (κ3) is 8.21. The molecule has 1 atom stereocenters. The lowest BCUT2D eigenvalue weighted by Crippen LogP contribution is -2.70. The molecule has 1 aromatic heterocycles. The van der Waals surface area contributed by atoms with Crippen molar-refractivity contribution < 1.29 is 75.0 Å². The van der Waals surface area contributed by atoms with Crippen LogP contribution in [0.15, 0.2) is 59.8 Å². The van der Waals surface area contributed by atoms with Crippen LogP contribution in [0.2, 0.25) is 0 Å². The Morgan fingerprint density at radius 1 is 0.776 bits per heavy atom. The fourth-order valence-electron chi connectivity index (χ4n) is 4.10. The number of para-hydroxylation sites is 1. The molecule has 0 aliphatic heterocycles. The van der Waals surface area contributed by atoms with E-state index in [1.165, 1.54) is 24.3 Å². The third-order valence-corrected chi connectivity index (χ3v) is 8.54. The highest BCUT2D eigenvalue weighted by atomic mass is 32.2. The molecule has 8 nitrogen and oxygen atoms in total. The Bertz CT molecular complexity index is 1640. The highest BCUT2D eigenvalue weighted by molar-refractivity contribution is 7.91. The molecule has 0 amide bonds. The number of hydrogen-bond acceptors (Lipinski definition) is 7. The Morgan fingerprint density at radius 3 is 1.92 bits per heavy atom. The van der Waals surface area contributed by atoms with Gasteiger partial charge in [-0.2, -0.15) is 61.8 Å². The van der Waals surface area contributed by atoms with E-state index in [0.29, 0.717) is 11.3 Å². The maximum absolute atomic E-state index is 13.9. The van der Waals surface area contributed by atoms with Crippen LogP contribution in [-0.2, 0) is 21.2 Å². The van der Waals surface area contributed by atoms with Crippen LogP contribution in [0.3, 0.4) is 0 Å². The molecule has 274 valence electrons. The molecule has 0 fully saturated rings. The SMILES string of the molecule is C[C@H](COCc1ccc(OCCCC(F)(F)C(F)(F)C(F)(F)C(F)(F)C(F)(F)C(F)(F)F)cc1)CS(=O)(=O)c1nnnn1-c1ccccc1. The Labute approximate surface area is 269 Å². The molecule has 2 aromatic carbocycles. The number of halogens is 13. The van der Waals surface area contributed by atoms with Crippen molar-refractivity contribution >= 4 is 9.84 Å². The highest BCUT2D eigenvalue weighted by Gasteiger charge is 2.90. The van der Waals surface area contributed by atoms with Crippen LogP contribution in [0.5, 0.6) is 5.75 Å². The number of alkyl halides is 13. The van der Waals surface area contributed by atoms with Crippen molar-refractivity contribution in [3.05, 3.63) is 60.2 Å². The summed E-state index contributed by atoms with van der Waals surface area (Å²) in [6.07, 6.45) is -11.1. The minimum absolute atomic E-state index is 0.0396. The van der Waals surface area contributed by atoms with Crippen LogP contribution in [0.1, 0.15) is 25.3 Å². The van der Waals surface area contributed by atoms with Crippen LogP contribution < -0.4 is 4.74 Å². The van der Waals surface area contributed by atoms with Gasteiger partial charge in [-0.3, -0.25) is 0 Å². The first-order valence-corrected chi connectivity index (χ1v) is 15.4. The van der Waals surface area contributed by atoms with Gasteiger partial charge < -0.3 is 9.47 Å². The van der Waals surface area contributed by atoms with Crippen molar-refractivity contribution in [2.75, 3.05) is 19.0 Å². The van der Waals surface area contributed by atoms with Gasteiger partial charge in [0.15, 0.2) is 0 Å². The first-order valence-electron chi connectivity index (χ1n) is 13.7. The molecule has 0 aliphatic carbocycles. The lowest BCUT2D eigenvalue weighted by atomic mass is 9.92. The average Bonchev–Trinajstić information content (AvgIpc) is 3.51. The standard InChI is InChI=1S/C27H25F13N4O4S/c1-17(16-49(45,46)21-41-42-43-44(21)19-6-3-2-4-7-19)14-47-15-18-8-10-20(11-9-18)48-13-5-12-22(28,29)23(30,31)24(32,33)25(34,35)26(36,37)27(38,39)40/h2-4,6-11,17H,5,12-16H2,1H3/t17-/m1/s1. The van der Waals surface area contributed by atoms with Gasteiger partial charge >= 0.3 is 35.8 Å². The van der Waals surface area contributed by atoms with E-state index in [0.717, 1.165) is 4.68 Å². The number of rotatable bonds is 17. The number of sulfone groups is 1. The summed E-state index contributed by atoms with van der Waals surface area (Å²) in [5.41, 5.74) is 0.910. The number of aromatic nitrogens is 4. The molecule has 3 rings (SSSR count). The van der Waals surface area contributed by atoms with Crippen molar-refractivity contribution in [2.24, 2.45) is 5.92 Å². The summed E-state index contributed by atoms with van der Waals surface area (Å²) in [6, 6.07) is 13.5. The Hall–Kier alpha value is -3.69. The molecule has 49 heavy (non-hydrogen) atoms. The van der Waals surface area contributed by atoms with E-state index in [-0.39, 0.29) is 29.9 Å². The van der Waals surface area contributed by atoms with Crippen molar-refractivity contribution in [3.63, 3.8) is 0 Å². The second kappa shape index (κ2) is 14.3. The summed E-state index contributed by atoms with van der Waals surface area (Å²) in [5.74, 6) is -38.0. The van der Waals surface area contributed by atoms with Gasteiger partial charge in [0.25, 0.3) is 5.16 Å². The number of nitrogens with zero attached hydrogens (tertiary/aromatic N) is 4. The topological polar surface area (TPSA) is 96.2 Å². The number of hydrogen-bond donors (Lipinski definition) is 0. The molecule has 0 radical (unpaired) electrons. The van der Waals surface area contributed by atoms with E-state index in [1.807, 2.05) is 0 Å². The molecular formula is C27H25F13N4O4S. The fourth-order valence-corrected chi connectivity index (χ4v) is 5.67. The second-order valence-electron chi connectivity index (χ2n) is 10.7. The van der Waals surface area contributed by atoms with E-state index >= 15 is 0 Å². The molecule has 1 heterocycles. The zero-order valence-corrected chi connectivity index (χ0v) is 25.6. The van der Waals surface area contributed by atoms with E-state index in [9.17, 15) is 65.5 Å². The first kappa shape index (κ1) is 39.7. The minimum Gasteiger partial charge on any atom is -0.494 e. The van der Waals surface area contributed by atoms with Crippen LogP contribution in [0.25, 0.3) is 5.69 Å². The van der Waals surface area contributed by atoms with Crippen molar-refractivity contribution in [1.82, 2.24) is 20.2 Å². The molecule has 0 bridgehead atoms. The second-order valence-corrected chi connectivity index (χ2v) is 12.6. The fraction of sp³-hybridized carbons (Fsp3) is 0.519. The predicted molar refractivity (Wildman–Crippen MR) is 142 cm³/mol. The van der Waals surface area contributed by atoms with E-state index in [2.05, 4.69) is 15.5 Å². The van der Waals surface area contributed by atoms with Gasteiger partial charge in [-0.25, -0.2) is 8.42 Å². The highest BCUT2D eigenvalue weighted by Crippen LogP contribution is 2.60. The summed E-state index contributed by atoms with van der Waals surface area (Å²) in [7, 11) is -3.95. The quantitative estimate of drug-likeness (QED) is 0.107. The van der Waals surface area contributed by atoms with Crippen LogP contribution in [0, 0.1) is 5.92 Å². The van der Waals surface area contributed by atoms with Crippen molar-refractivity contribution in [2.45, 2.75) is 67.3 Å². The first-order chi connectivity index (χ1) is 22.4. The van der Waals surface area contributed by atoms with Crippen LogP contribution in [-0.4, -0.2) is 83.4 Å². The molecular weight excluding hydrogens is 723 g/mol. The van der Waals surface area contributed by atoms with Crippen LogP contribution in [0.4, 0.5) is 57.1 Å². The third-order valence-electron chi connectivity index (χ3n) is 6.72. The summed E-state index contributed by atoms with van der Waals surface area (Å²) < 4.78 is 209. The summed E-state index contributed by atoms with van der Waals surface area (Å²) in [6.45, 7) is 0.582. The maximum Gasteiger partial charge on any atom is 0.460 e. The zero-order chi connectivity index (χ0) is 37.1. The van der Waals surface area contributed by atoms with Gasteiger partial charge in [0.2, 0.25) is 9.84 Å². The van der Waals surface area contributed by atoms with E-state index < -0.39 is 71.0 Å². The van der Waals surface area contributed by atoms with Gasteiger partial charge in [-0.1, -0.05) is 42.4 Å². The molecule has 0 spiro atoms. The lowest BCUT2D eigenvalue weighted by Gasteiger charge is -2.39. The molecule has 0 saturated heterocycles. The molecule has 3 aromatic rings. The van der Waals surface area contributed by atoms with E-state index in [4.69, 9.17) is 9.47 Å². The van der Waals surface area contributed by atoms with Crippen molar-refractivity contribution in [1.29, 1.82) is 0 Å². The Balaban J connectivity index is 1.48. The van der Waals surface area contributed by atoms with Gasteiger partial charge in [0.05, 0.1) is 31.3 Å². The monoisotopic (exact) mass is 748 g/mol. The minimum atomic E-state index is -7.94. The normalized spacial score (nSPS) is 14.6. The number of benzene rings is 2. The Kier molecular flexibility index (Phi) is 11.6. The average molecular weight is 749 g/mol. The summed E-state index contributed by atoms with van der Waals surface area (Å²) in [5, 5.41) is 10.4. The summed E-state index contributed by atoms with van der Waals surface area (Å²) in [4.78, 5) is 0. The molecule has 0 saturated carbocycles. The van der Waals surface area contributed by atoms with Gasteiger partial charge in [-0.15, -0.1) is 0 Å². The smallest absolute Gasteiger partial charge is 0.460 e. The van der Waals surface area contributed by atoms with Gasteiger partial charge in [-0.05, 0) is 52.6 Å². The zero-order valence-electron chi connectivity index (χ0n) is 24.8. The van der Waals surface area contributed by atoms with E-state index in [1.54, 1.807) is 37.3 Å². The maximum atomic E-state index is 13.9. The molecule has 22 heteroatoms. The molecule has 0 N–H and O–H groups in total. The number of ether oxygens (including phenoxy) is 2.